The van der Waals surface area contributed by atoms with Gasteiger partial charge < -0.3 is 0 Å². The number of anilines is 1. The number of hydrogen-bond acceptors (Lipinski definition) is 4. The first-order chi connectivity index (χ1) is 7.04. The largest absolute Gasteiger partial charge is 0.276 e. The lowest BCUT2D eigenvalue weighted by Crippen LogP contribution is -2.03. The third kappa shape index (κ3) is 3.89. The van der Waals surface area contributed by atoms with E-state index in [0.717, 1.165) is 6.42 Å². The molecule has 1 rings (SSSR count). The molecule has 0 amide bonds. The van der Waals surface area contributed by atoms with Gasteiger partial charge in [-0.1, -0.05) is 13.0 Å². The molecular weight excluding hydrogens is 214 g/mol. The smallest absolute Gasteiger partial charge is 0.175 e. The first-order valence-electron chi connectivity index (χ1n) is 4.72. The topological polar surface area (TPSA) is 55.4 Å². The minimum atomic E-state index is -3.15. The highest BCUT2D eigenvalue weighted by atomic mass is 32.2. The maximum Gasteiger partial charge on any atom is 0.175 e. The fraction of sp³-hybridized carbons (Fsp3) is 0.400. The first-order valence-corrected chi connectivity index (χ1v) is 6.61. The van der Waals surface area contributed by atoms with Crippen LogP contribution in [0.2, 0.25) is 0 Å². The molecule has 0 heterocycles. The van der Waals surface area contributed by atoms with Crippen molar-refractivity contribution in [2.75, 3.05) is 18.3 Å². The maximum atomic E-state index is 11.2. The monoisotopic (exact) mass is 229 g/mol. The van der Waals surface area contributed by atoms with E-state index >= 15 is 0 Å². The summed E-state index contributed by atoms with van der Waals surface area (Å²) >= 11 is 0. The standard InChI is InChI=1S/C10H15NO3S/c1-3-7-14-11-9-5-4-6-10(8-9)15(2,12)13/h4-6,8,11H,3,7H2,1-2H3. The molecule has 0 saturated carbocycles. The van der Waals surface area contributed by atoms with Crippen molar-refractivity contribution in [3.8, 4) is 0 Å². The molecule has 0 spiro atoms. The van der Waals surface area contributed by atoms with Crippen LogP contribution in [-0.2, 0) is 14.7 Å². The van der Waals surface area contributed by atoms with Crippen LogP contribution in [0.3, 0.4) is 0 Å². The Balaban J connectivity index is 2.75. The minimum Gasteiger partial charge on any atom is -0.276 e. The third-order valence-corrected chi connectivity index (χ3v) is 2.87. The molecule has 0 fully saturated rings. The predicted octanol–water partition coefficient (Wildman–Crippen LogP) is 1.84. The number of nitrogens with one attached hydrogen (secondary N) is 1. The molecule has 0 radical (unpaired) electrons. The van der Waals surface area contributed by atoms with E-state index in [9.17, 15) is 8.42 Å². The molecule has 0 aromatic heterocycles. The van der Waals surface area contributed by atoms with Gasteiger partial charge >= 0.3 is 0 Å². The molecule has 0 saturated heterocycles. The third-order valence-electron chi connectivity index (χ3n) is 1.76. The second-order valence-corrected chi connectivity index (χ2v) is 5.27. The lowest BCUT2D eigenvalue weighted by atomic mass is 10.3. The normalized spacial score (nSPS) is 11.3. The summed E-state index contributed by atoms with van der Waals surface area (Å²) in [5, 5.41) is 0. The molecule has 0 aliphatic rings. The van der Waals surface area contributed by atoms with Crippen LogP contribution in [0.15, 0.2) is 29.2 Å². The highest BCUT2D eigenvalue weighted by Crippen LogP contribution is 2.15. The van der Waals surface area contributed by atoms with E-state index in [-0.39, 0.29) is 4.90 Å². The van der Waals surface area contributed by atoms with Crippen LogP contribution in [-0.4, -0.2) is 21.3 Å². The summed E-state index contributed by atoms with van der Waals surface area (Å²) in [5.74, 6) is 0. The molecule has 0 bridgehead atoms. The zero-order valence-corrected chi connectivity index (χ0v) is 9.67. The fourth-order valence-corrected chi connectivity index (χ4v) is 1.69. The molecule has 1 aromatic carbocycles. The first kappa shape index (κ1) is 12.0. The van der Waals surface area contributed by atoms with E-state index in [1.807, 2.05) is 6.92 Å². The van der Waals surface area contributed by atoms with Gasteiger partial charge in [0.25, 0.3) is 0 Å². The number of hydrogen-bond donors (Lipinski definition) is 1. The molecule has 84 valence electrons. The summed E-state index contributed by atoms with van der Waals surface area (Å²) in [6.07, 6.45) is 2.08. The highest BCUT2D eigenvalue weighted by molar-refractivity contribution is 7.90. The average molecular weight is 229 g/mol. The van der Waals surface area contributed by atoms with E-state index < -0.39 is 9.84 Å². The maximum absolute atomic E-state index is 11.2. The summed E-state index contributed by atoms with van der Waals surface area (Å²) in [4.78, 5) is 5.38. The minimum absolute atomic E-state index is 0.285. The molecule has 1 N–H and O–H groups in total. The van der Waals surface area contributed by atoms with Gasteiger partial charge in [0.2, 0.25) is 0 Å². The van der Waals surface area contributed by atoms with Crippen molar-refractivity contribution in [1.29, 1.82) is 0 Å². The Morgan fingerprint density at radius 2 is 2.13 bits per heavy atom. The van der Waals surface area contributed by atoms with E-state index in [0.29, 0.717) is 12.3 Å². The Bertz CT molecular complexity index is 414. The molecule has 5 heteroatoms. The quantitative estimate of drug-likeness (QED) is 0.618. The van der Waals surface area contributed by atoms with Gasteiger partial charge in [-0.2, -0.15) is 0 Å². The zero-order valence-electron chi connectivity index (χ0n) is 8.86. The van der Waals surface area contributed by atoms with Gasteiger partial charge in [-0.3, -0.25) is 10.3 Å². The lowest BCUT2D eigenvalue weighted by molar-refractivity contribution is 0.194. The molecule has 4 nitrogen and oxygen atoms in total. The second-order valence-electron chi connectivity index (χ2n) is 3.25. The van der Waals surface area contributed by atoms with Gasteiger partial charge in [0, 0.05) is 6.26 Å². The van der Waals surface area contributed by atoms with Gasteiger partial charge in [-0.25, -0.2) is 8.42 Å². The van der Waals surface area contributed by atoms with Crippen LogP contribution in [0.5, 0.6) is 0 Å². The van der Waals surface area contributed by atoms with Crippen molar-refractivity contribution >= 4 is 15.5 Å². The van der Waals surface area contributed by atoms with Crippen molar-refractivity contribution in [1.82, 2.24) is 0 Å². The number of benzene rings is 1. The van der Waals surface area contributed by atoms with Gasteiger partial charge in [-0.05, 0) is 24.6 Å². The SMILES string of the molecule is CCCONc1cccc(S(C)(=O)=O)c1. The molecule has 0 aliphatic heterocycles. The van der Waals surface area contributed by atoms with Crippen LogP contribution in [0, 0.1) is 0 Å². The van der Waals surface area contributed by atoms with E-state index in [2.05, 4.69) is 5.48 Å². The fourth-order valence-electron chi connectivity index (χ4n) is 1.03. The summed E-state index contributed by atoms with van der Waals surface area (Å²) < 4.78 is 22.5. The van der Waals surface area contributed by atoms with Gasteiger partial charge in [-0.15, -0.1) is 0 Å². The Hall–Kier alpha value is -1.07. The van der Waals surface area contributed by atoms with Gasteiger partial charge in [0.15, 0.2) is 9.84 Å². The van der Waals surface area contributed by atoms with Crippen LogP contribution >= 0.6 is 0 Å². The van der Waals surface area contributed by atoms with Crippen LogP contribution in [0.1, 0.15) is 13.3 Å². The van der Waals surface area contributed by atoms with Crippen LogP contribution in [0.25, 0.3) is 0 Å². The van der Waals surface area contributed by atoms with Gasteiger partial charge in [0.1, 0.15) is 0 Å². The van der Waals surface area contributed by atoms with Crippen molar-refractivity contribution < 1.29 is 13.3 Å². The molecule has 0 unspecified atom stereocenters. The molecule has 0 atom stereocenters. The van der Waals surface area contributed by atoms with Crippen LogP contribution in [0.4, 0.5) is 5.69 Å². The summed E-state index contributed by atoms with van der Waals surface area (Å²) in [6.45, 7) is 2.58. The molecule has 0 aliphatic carbocycles. The Kier molecular flexibility index (Phi) is 4.11. The summed E-state index contributed by atoms with van der Waals surface area (Å²) in [7, 11) is -3.15. The summed E-state index contributed by atoms with van der Waals surface area (Å²) in [5.41, 5.74) is 3.34. The van der Waals surface area contributed by atoms with Crippen molar-refractivity contribution in [3.63, 3.8) is 0 Å². The Morgan fingerprint density at radius 3 is 2.73 bits per heavy atom. The van der Waals surface area contributed by atoms with E-state index in [1.54, 1.807) is 24.3 Å². The average Bonchev–Trinajstić information content (AvgIpc) is 2.17. The van der Waals surface area contributed by atoms with E-state index in [4.69, 9.17) is 4.84 Å². The number of sulfone groups is 1. The lowest BCUT2D eigenvalue weighted by Gasteiger charge is -2.06. The van der Waals surface area contributed by atoms with Crippen LogP contribution < -0.4 is 5.48 Å². The van der Waals surface area contributed by atoms with Crippen molar-refractivity contribution in [2.24, 2.45) is 0 Å². The Labute approximate surface area is 90.1 Å². The zero-order chi connectivity index (χ0) is 11.3. The Morgan fingerprint density at radius 1 is 1.40 bits per heavy atom. The second kappa shape index (κ2) is 5.14. The number of rotatable bonds is 5. The van der Waals surface area contributed by atoms with Crippen molar-refractivity contribution in [2.45, 2.75) is 18.2 Å². The molecular formula is C10H15NO3S. The molecule has 1 aromatic rings. The van der Waals surface area contributed by atoms with Crippen molar-refractivity contribution in [3.05, 3.63) is 24.3 Å². The molecule has 15 heavy (non-hydrogen) atoms. The highest BCUT2D eigenvalue weighted by Gasteiger charge is 2.06. The van der Waals surface area contributed by atoms with Gasteiger partial charge in [0.05, 0.1) is 17.2 Å². The summed E-state index contributed by atoms with van der Waals surface area (Å²) in [6, 6.07) is 6.53. The van der Waals surface area contributed by atoms with E-state index in [1.165, 1.54) is 6.26 Å². The predicted molar refractivity (Wildman–Crippen MR) is 59.4 cm³/mol.